The van der Waals surface area contributed by atoms with Gasteiger partial charge < -0.3 is 15.2 Å². The van der Waals surface area contributed by atoms with E-state index in [9.17, 15) is 5.11 Å². The number of fused-ring (bicyclic) bond motifs is 7. The van der Waals surface area contributed by atoms with Crippen LogP contribution in [0, 0.1) is 46.3 Å². The Morgan fingerprint density at radius 3 is 2.52 bits per heavy atom. The van der Waals surface area contributed by atoms with Crippen LogP contribution in [0.1, 0.15) is 106 Å². The number of aliphatic hydroxyl groups is 1. The Hall–Kier alpha value is -0.540. The second-order valence-corrected chi connectivity index (χ2v) is 13.8. The number of nitrogens with one attached hydrogen (secondary N) is 1. The molecule has 0 aromatic carbocycles. The lowest BCUT2D eigenvalue weighted by Gasteiger charge is -2.60. The van der Waals surface area contributed by atoms with Gasteiger partial charge in [-0.2, -0.15) is 0 Å². The Bertz CT molecular complexity index is 760. The first kappa shape index (κ1) is 24.2. The third kappa shape index (κ3) is 4.02. The number of aliphatic hydroxyl groups excluding tert-OH is 1. The van der Waals surface area contributed by atoms with E-state index in [1.165, 1.54) is 50.7 Å². The van der Waals surface area contributed by atoms with Gasteiger partial charge in [0.1, 0.15) is 6.10 Å². The van der Waals surface area contributed by atoms with Crippen molar-refractivity contribution in [2.45, 2.75) is 124 Å². The zero-order valence-electron chi connectivity index (χ0n) is 22.3. The highest BCUT2D eigenvalue weighted by atomic mass is 16.5. The molecule has 1 heterocycles. The minimum absolute atomic E-state index is 0.0391. The van der Waals surface area contributed by atoms with E-state index in [0.29, 0.717) is 34.8 Å². The van der Waals surface area contributed by atoms with Crippen LogP contribution in [0.25, 0.3) is 0 Å². The molecule has 4 fully saturated rings. The standard InChI is InChI=1S/C30H51NO2/c1-18(2)31-17-19(3)7-10-26-20(4)28-27(33-26)16-25-23-9-8-21-15-22(32)11-13-29(21,5)24(23)12-14-30(25,28)6/h18-19,21-25,27-28,31-32H,7-17H2,1-6H3/t19-,21-,22-,23+,24-,25-,27-,28-,29-,30-/m0/s1. The van der Waals surface area contributed by atoms with Crippen molar-refractivity contribution in [1.82, 2.24) is 5.32 Å². The molecule has 0 aromatic heterocycles. The minimum Gasteiger partial charge on any atom is -0.494 e. The topological polar surface area (TPSA) is 41.5 Å². The highest BCUT2D eigenvalue weighted by molar-refractivity contribution is 5.26. The smallest absolute Gasteiger partial charge is 0.106 e. The molecular weight excluding hydrogens is 406 g/mol. The first-order chi connectivity index (χ1) is 15.6. The van der Waals surface area contributed by atoms with Gasteiger partial charge in [-0.05, 0) is 117 Å². The summed E-state index contributed by atoms with van der Waals surface area (Å²) in [7, 11) is 0. The summed E-state index contributed by atoms with van der Waals surface area (Å²) in [4.78, 5) is 0. The van der Waals surface area contributed by atoms with Crippen molar-refractivity contribution in [2.75, 3.05) is 6.54 Å². The second-order valence-electron chi connectivity index (χ2n) is 13.8. The summed E-state index contributed by atoms with van der Waals surface area (Å²) >= 11 is 0. The Kier molecular flexibility index (Phi) is 6.47. The predicted octanol–water partition coefficient (Wildman–Crippen LogP) is 6.70. The number of allylic oxidation sites excluding steroid dienone is 1. The largest absolute Gasteiger partial charge is 0.494 e. The molecule has 0 aromatic rings. The van der Waals surface area contributed by atoms with Gasteiger partial charge in [0.15, 0.2) is 0 Å². The molecule has 188 valence electrons. The Labute approximate surface area is 203 Å². The lowest BCUT2D eigenvalue weighted by atomic mass is 9.44. The molecule has 0 spiro atoms. The normalized spacial score (nSPS) is 47.6. The van der Waals surface area contributed by atoms with Crippen molar-refractivity contribution in [2.24, 2.45) is 46.3 Å². The highest BCUT2D eigenvalue weighted by Gasteiger charge is 2.64. The molecule has 3 nitrogen and oxygen atoms in total. The third-order valence-electron chi connectivity index (χ3n) is 11.6. The van der Waals surface area contributed by atoms with Gasteiger partial charge in [-0.3, -0.25) is 0 Å². The molecule has 5 aliphatic rings. The fourth-order valence-corrected chi connectivity index (χ4v) is 9.74. The molecule has 0 saturated heterocycles. The van der Waals surface area contributed by atoms with Gasteiger partial charge in [0.05, 0.1) is 11.9 Å². The SMILES string of the molecule is CC1=C(CC[C@H](C)CNC(C)C)O[C@H]2C[C@H]3[C@@H]4CC[C@H]5C[C@@H](O)CC[C@]5(C)[C@H]4CC[C@]3(C)[C@@H]12. The van der Waals surface area contributed by atoms with E-state index in [1.54, 1.807) is 5.57 Å². The molecule has 10 atom stereocenters. The summed E-state index contributed by atoms with van der Waals surface area (Å²) in [5.74, 6) is 6.04. The van der Waals surface area contributed by atoms with E-state index in [4.69, 9.17) is 4.74 Å². The average Bonchev–Trinajstić information content (AvgIpc) is 3.24. The minimum atomic E-state index is -0.0391. The predicted molar refractivity (Wildman–Crippen MR) is 136 cm³/mol. The molecule has 2 N–H and O–H groups in total. The van der Waals surface area contributed by atoms with Crippen LogP contribution in [0.2, 0.25) is 0 Å². The van der Waals surface area contributed by atoms with Crippen LogP contribution in [0.15, 0.2) is 11.3 Å². The van der Waals surface area contributed by atoms with Crippen LogP contribution in [0.4, 0.5) is 0 Å². The summed E-state index contributed by atoms with van der Waals surface area (Å²) < 4.78 is 6.78. The van der Waals surface area contributed by atoms with Gasteiger partial charge in [-0.15, -0.1) is 0 Å². The van der Waals surface area contributed by atoms with Crippen LogP contribution in [-0.2, 0) is 4.74 Å². The molecule has 1 aliphatic heterocycles. The maximum atomic E-state index is 10.3. The second kappa shape index (κ2) is 8.84. The van der Waals surface area contributed by atoms with E-state index < -0.39 is 0 Å². The van der Waals surface area contributed by atoms with Crippen LogP contribution >= 0.6 is 0 Å². The molecule has 33 heavy (non-hydrogen) atoms. The third-order valence-corrected chi connectivity index (χ3v) is 11.6. The van der Waals surface area contributed by atoms with E-state index in [-0.39, 0.29) is 6.10 Å². The fraction of sp³-hybridized carbons (Fsp3) is 0.933. The Balaban J connectivity index is 1.28. The maximum absolute atomic E-state index is 10.3. The van der Waals surface area contributed by atoms with Gasteiger partial charge in [0, 0.05) is 18.4 Å². The van der Waals surface area contributed by atoms with Crippen molar-refractivity contribution in [3.8, 4) is 0 Å². The Morgan fingerprint density at radius 1 is 1.00 bits per heavy atom. The van der Waals surface area contributed by atoms with Crippen LogP contribution < -0.4 is 5.32 Å². The molecule has 0 radical (unpaired) electrons. The van der Waals surface area contributed by atoms with Gasteiger partial charge in [0.2, 0.25) is 0 Å². The van der Waals surface area contributed by atoms with Gasteiger partial charge in [-0.25, -0.2) is 0 Å². The summed E-state index contributed by atoms with van der Waals surface area (Å²) in [6.45, 7) is 15.6. The lowest BCUT2D eigenvalue weighted by molar-refractivity contribution is -0.124. The van der Waals surface area contributed by atoms with Crippen molar-refractivity contribution < 1.29 is 9.84 Å². The van der Waals surface area contributed by atoms with Crippen LogP contribution in [0.3, 0.4) is 0 Å². The summed E-state index contributed by atoms with van der Waals surface area (Å²) in [6, 6.07) is 0.568. The number of hydrogen-bond donors (Lipinski definition) is 2. The summed E-state index contributed by atoms with van der Waals surface area (Å²) in [5.41, 5.74) is 2.51. The maximum Gasteiger partial charge on any atom is 0.106 e. The van der Waals surface area contributed by atoms with Crippen LogP contribution in [0.5, 0.6) is 0 Å². The number of rotatable bonds is 6. The van der Waals surface area contributed by atoms with E-state index >= 15 is 0 Å². The summed E-state index contributed by atoms with van der Waals surface area (Å²) in [6.07, 6.45) is 12.9. The first-order valence-corrected chi connectivity index (χ1v) is 14.4. The van der Waals surface area contributed by atoms with E-state index in [0.717, 1.165) is 49.5 Å². The highest BCUT2D eigenvalue weighted by Crippen LogP contribution is 2.69. The quantitative estimate of drug-likeness (QED) is 0.466. The van der Waals surface area contributed by atoms with Gasteiger partial charge >= 0.3 is 0 Å². The van der Waals surface area contributed by atoms with Gasteiger partial charge in [-0.1, -0.05) is 34.6 Å². The zero-order chi connectivity index (χ0) is 23.5. The van der Waals surface area contributed by atoms with Crippen LogP contribution in [-0.4, -0.2) is 29.9 Å². The molecule has 3 heteroatoms. The molecule has 0 unspecified atom stereocenters. The Morgan fingerprint density at radius 2 is 1.76 bits per heavy atom. The monoisotopic (exact) mass is 457 g/mol. The van der Waals surface area contributed by atoms with Crippen molar-refractivity contribution in [3.05, 3.63) is 11.3 Å². The first-order valence-electron chi connectivity index (χ1n) is 14.4. The molecule has 0 bridgehead atoms. The lowest BCUT2D eigenvalue weighted by Crippen LogP contribution is -2.54. The molecule has 0 amide bonds. The molecular formula is C30H51NO2. The van der Waals surface area contributed by atoms with Crippen molar-refractivity contribution in [3.63, 3.8) is 0 Å². The molecule has 4 saturated carbocycles. The molecule has 4 aliphatic carbocycles. The number of hydrogen-bond acceptors (Lipinski definition) is 3. The zero-order valence-corrected chi connectivity index (χ0v) is 22.3. The summed E-state index contributed by atoms with van der Waals surface area (Å²) in [5, 5.41) is 13.9. The van der Waals surface area contributed by atoms with E-state index in [1.807, 2.05) is 0 Å². The molecule has 5 rings (SSSR count). The van der Waals surface area contributed by atoms with Crippen molar-refractivity contribution in [1.29, 1.82) is 0 Å². The van der Waals surface area contributed by atoms with Crippen molar-refractivity contribution >= 4 is 0 Å². The number of ether oxygens (including phenoxy) is 1. The average molecular weight is 458 g/mol. The fourth-order valence-electron chi connectivity index (χ4n) is 9.74. The van der Waals surface area contributed by atoms with E-state index in [2.05, 4.69) is 46.9 Å². The van der Waals surface area contributed by atoms with Gasteiger partial charge in [0.25, 0.3) is 0 Å².